The molecule has 0 bridgehead atoms. The molecule has 0 saturated carbocycles. The number of hydrogen-bond acceptors (Lipinski definition) is 4. The van der Waals surface area contributed by atoms with Crippen molar-refractivity contribution in [2.45, 2.75) is 19.3 Å². The molecule has 1 unspecified atom stereocenters. The highest BCUT2D eigenvalue weighted by Crippen LogP contribution is 2.28. The molecule has 3 rings (SSSR count). The van der Waals surface area contributed by atoms with Crippen molar-refractivity contribution in [3.05, 3.63) is 53.2 Å². The highest BCUT2D eigenvalue weighted by atomic mass is 32.1. The normalized spacial score (nSPS) is 17.5. The molecule has 1 aliphatic rings. The van der Waals surface area contributed by atoms with Gasteiger partial charge in [0.05, 0.1) is 5.92 Å². The van der Waals surface area contributed by atoms with Crippen LogP contribution in [0, 0.1) is 11.7 Å². The Morgan fingerprint density at radius 2 is 2.03 bits per heavy atom. The fraction of sp³-hybridized carbons (Fsp3) is 0.364. The number of carbonyl (C=O) groups excluding carboxylic acids is 2. The Bertz CT molecular complexity index is 863. The van der Waals surface area contributed by atoms with E-state index >= 15 is 0 Å². The number of nitrogens with zero attached hydrogens (tertiary/aromatic N) is 1. The van der Waals surface area contributed by atoms with Gasteiger partial charge in [0.15, 0.2) is 0 Å². The largest absolute Gasteiger partial charge is 0.369 e. The average Bonchev–Trinajstić information content (AvgIpc) is 3.19. The summed E-state index contributed by atoms with van der Waals surface area (Å²) in [5.74, 6) is -0.651. The van der Waals surface area contributed by atoms with Gasteiger partial charge in [-0.1, -0.05) is 12.1 Å². The number of nitrogens with two attached hydrogens (primary N) is 1. The Balaban J connectivity index is 1.39. The number of benzene rings is 1. The van der Waals surface area contributed by atoms with Gasteiger partial charge in [-0.2, -0.15) is 0 Å². The van der Waals surface area contributed by atoms with Crippen LogP contribution < -0.4 is 11.1 Å². The van der Waals surface area contributed by atoms with E-state index in [0.29, 0.717) is 6.54 Å². The Hall–Kier alpha value is -2.51. The lowest BCUT2D eigenvalue weighted by molar-refractivity contribution is -0.123. The Morgan fingerprint density at radius 1 is 1.24 bits per heavy atom. The molecule has 1 atom stereocenters. The third-order valence-corrected chi connectivity index (χ3v) is 6.11. The van der Waals surface area contributed by atoms with E-state index in [1.165, 1.54) is 18.2 Å². The van der Waals surface area contributed by atoms with Crippen LogP contribution in [0.2, 0.25) is 0 Å². The van der Waals surface area contributed by atoms with E-state index in [4.69, 9.17) is 5.73 Å². The molecular weight excluding hydrogens is 389 g/mol. The van der Waals surface area contributed by atoms with Crippen LogP contribution in [-0.2, 0) is 9.59 Å². The molecular formula is C22H26FN3O2S. The van der Waals surface area contributed by atoms with Crippen LogP contribution >= 0.6 is 11.3 Å². The maximum absolute atomic E-state index is 13.0. The molecule has 0 radical (unpaired) electrons. The fourth-order valence-corrected chi connectivity index (χ4v) is 4.35. The Labute approximate surface area is 174 Å². The summed E-state index contributed by atoms with van der Waals surface area (Å²) >= 11 is 1.55. The van der Waals surface area contributed by atoms with E-state index in [1.807, 2.05) is 12.1 Å². The lowest BCUT2D eigenvalue weighted by atomic mass is 9.97. The van der Waals surface area contributed by atoms with Gasteiger partial charge in [-0.25, -0.2) is 4.39 Å². The zero-order chi connectivity index (χ0) is 20.6. The van der Waals surface area contributed by atoms with Gasteiger partial charge in [0.1, 0.15) is 5.82 Å². The lowest BCUT2D eigenvalue weighted by Gasteiger charge is -2.31. The fourth-order valence-electron chi connectivity index (χ4n) is 3.43. The van der Waals surface area contributed by atoms with Gasteiger partial charge in [0.25, 0.3) is 0 Å². The number of carbonyl (C=O) groups is 2. The van der Waals surface area contributed by atoms with Crippen LogP contribution in [-0.4, -0.2) is 42.9 Å². The number of piperidine rings is 1. The number of hydrogen-bond donors (Lipinski definition) is 2. The summed E-state index contributed by atoms with van der Waals surface area (Å²) in [6, 6.07) is 10.3. The van der Waals surface area contributed by atoms with Crippen LogP contribution in [0.5, 0.6) is 0 Å². The number of halogens is 1. The second kappa shape index (κ2) is 10.3. The van der Waals surface area contributed by atoms with Gasteiger partial charge in [0.2, 0.25) is 11.8 Å². The minimum Gasteiger partial charge on any atom is -0.369 e. The third kappa shape index (κ3) is 6.51. The molecule has 0 aliphatic carbocycles. The summed E-state index contributed by atoms with van der Waals surface area (Å²) in [6.07, 6.45) is 6.01. The van der Waals surface area contributed by atoms with E-state index < -0.39 is 0 Å². The first-order valence-corrected chi connectivity index (χ1v) is 10.7. The first kappa shape index (κ1) is 21.2. The van der Waals surface area contributed by atoms with E-state index in [0.717, 1.165) is 54.2 Å². The maximum atomic E-state index is 13.0. The molecule has 1 aliphatic heterocycles. The lowest BCUT2D eigenvalue weighted by Crippen LogP contribution is -2.42. The highest BCUT2D eigenvalue weighted by Gasteiger charge is 2.23. The molecule has 1 aromatic carbocycles. The van der Waals surface area contributed by atoms with Crippen LogP contribution in [0.4, 0.5) is 4.39 Å². The number of likely N-dealkylation sites (tertiary alicyclic amines) is 1. The first-order valence-electron chi connectivity index (χ1n) is 9.84. The van der Waals surface area contributed by atoms with E-state index in [9.17, 15) is 14.0 Å². The SMILES string of the molecule is NC(=O)C1CCCN(CCCNC(=O)/C=C/c2ccc(-c3ccc(F)cc3)s2)C1. The van der Waals surface area contributed by atoms with Crippen molar-refractivity contribution in [3.63, 3.8) is 0 Å². The quantitative estimate of drug-likeness (QED) is 0.513. The molecule has 1 saturated heterocycles. The molecule has 3 N–H and O–H groups in total. The minimum atomic E-state index is -0.255. The van der Waals surface area contributed by atoms with E-state index in [2.05, 4.69) is 10.2 Å². The summed E-state index contributed by atoms with van der Waals surface area (Å²) in [5.41, 5.74) is 6.36. The standard InChI is InChI=1S/C22H26FN3O2S/c23-18-6-4-16(5-7-18)20-10-8-19(29-20)9-11-21(27)25-12-2-14-26-13-1-3-17(15-26)22(24)28/h4-11,17H,1-3,12-15H2,(H2,24,28)(H,25,27)/b11-9+. The minimum absolute atomic E-state index is 0.0492. The zero-order valence-electron chi connectivity index (χ0n) is 16.3. The van der Waals surface area contributed by atoms with Gasteiger partial charge < -0.3 is 16.0 Å². The topological polar surface area (TPSA) is 75.4 Å². The van der Waals surface area contributed by atoms with Crippen molar-refractivity contribution in [2.75, 3.05) is 26.2 Å². The second-order valence-corrected chi connectivity index (χ2v) is 8.34. The first-order chi connectivity index (χ1) is 14.0. The van der Waals surface area contributed by atoms with Gasteiger partial charge in [0, 0.05) is 28.9 Å². The van der Waals surface area contributed by atoms with Gasteiger partial charge >= 0.3 is 0 Å². The number of nitrogens with one attached hydrogen (secondary N) is 1. The van der Waals surface area contributed by atoms with Crippen LogP contribution in [0.1, 0.15) is 24.1 Å². The molecule has 1 aromatic heterocycles. The smallest absolute Gasteiger partial charge is 0.244 e. The predicted octanol–water partition coefficient (Wildman–Crippen LogP) is 3.27. The summed E-state index contributed by atoms with van der Waals surface area (Å²) < 4.78 is 13.0. The Kier molecular flexibility index (Phi) is 7.55. The molecule has 2 heterocycles. The molecule has 7 heteroatoms. The van der Waals surface area contributed by atoms with Crippen molar-refractivity contribution < 1.29 is 14.0 Å². The predicted molar refractivity (Wildman–Crippen MR) is 115 cm³/mol. The van der Waals surface area contributed by atoms with Crippen molar-refractivity contribution in [1.29, 1.82) is 0 Å². The Morgan fingerprint density at radius 3 is 2.79 bits per heavy atom. The van der Waals surface area contributed by atoms with E-state index in [-0.39, 0.29) is 23.5 Å². The van der Waals surface area contributed by atoms with Gasteiger partial charge in [-0.3, -0.25) is 9.59 Å². The number of thiophene rings is 1. The second-order valence-electron chi connectivity index (χ2n) is 7.23. The summed E-state index contributed by atoms with van der Waals surface area (Å²) in [6.45, 7) is 3.14. The van der Waals surface area contributed by atoms with Crippen LogP contribution in [0.25, 0.3) is 16.5 Å². The molecule has 2 aromatic rings. The van der Waals surface area contributed by atoms with Crippen molar-refractivity contribution in [3.8, 4) is 10.4 Å². The monoisotopic (exact) mass is 415 g/mol. The zero-order valence-corrected chi connectivity index (χ0v) is 17.1. The van der Waals surface area contributed by atoms with Crippen molar-refractivity contribution >= 4 is 29.2 Å². The third-order valence-electron chi connectivity index (χ3n) is 5.01. The summed E-state index contributed by atoms with van der Waals surface area (Å²) in [7, 11) is 0. The molecule has 1 fully saturated rings. The maximum Gasteiger partial charge on any atom is 0.244 e. The summed E-state index contributed by atoms with van der Waals surface area (Å²) in [4.78, 5) is 27.6. The molecule has 5 nitrogen and oxygen atoms in total. The highest BCUT2D eigenvalue weighted by molar-refractivity contribution is 7.16. The summed E-state index contributed by atoms with van der Waals surface area (Å²) in [5, 5.41) is 2.89. The number of amides is 2. The van der Waals surface area contributed by atoms with Gasteiger partial charge in [-0.15, -0.1) is 11.3 Å². The van der Waals surface area contributed by atoms with Crippen LogP contribution in [0.3, 0.4) is 0 Å². The molecule has 0 spiro atoms. The van der Waals surface area contributed by atoms with Crippen molar-refractivity contribution in [2.24, 2.45) is 11.7 Å². The number of primary amides is 1. The molecule has 154 valence electrons. The molecule has 29 heavy (non-hydrogen) atoms. The average molecular weight is 416 g/mol. The van der Waals surface area contributed by atoms with Gasteiger partial charge in [-0.05, 0) is 68.3 Å². The van der Waals surface area contributed by atoms with E-state index in [1.54, 1.807) is 29.5 Å². The van der Waals surface area contributed by atoms with Crippen molar-refractivity contribution in [1.82, 2.24) is 10.2 Å². The molecule has 2 amide bonds. The number of rotatable bonds is 8. The van der Waals surface area contributed by atoms with Crippen LogP contribution in [0.15, 0.2) is 42.5 Å².